The van der Waals surface area contributed by atoms with Crippen molar-refractivity contribution in [2.45, 2.75) is 49.6 Å². The van der Waals surface area contributed by atoms with E-state index in [2.05, 4.69) is 9.70 Å². The summed E-state index contributed by atoms with van der Waals surface area (Å²) in [4.78, 5) is 0. The monoisotopic (exact) mass is 439 g/mol. The highest BCUT2D eigenvalue weighted by atomic mass is 35.5. The Morgan fingerprint density at radius 1 is 1.11 bits per heavy atom. The van der Waals surface area contributed by atoms with E-state index in [0.717, 1.165) is 18.2 Å². The zero-order chi connectivity index (χ0) is 20.5. The molecule has 27 heavy (non-hydrogen) atoms. The Labute approximate surface area is 156 Å². The zero-order valence-corrected chi connectivity index (χ0v) is 15.3. The number of anilines is 1. The van der Waals surface area contributed by atoms with Crippen LogP contribution in [0.15, 0.2) is 18.2 Å². The van der Waals surface area contributed by atoms with Crippen molar-refractivity contribution in [3.8, 4) is 0 Å². The van der Waals surface area contributed by atoms with Gasteiger partial charge in [-0.15, -0.1) is 0 Å². The van der Waals surface area contributed by atoms with E-state index in [1.807, 2.05) is 0 Å². The van der Waals surface area contributed by atoms with Crippen molar-refractivity contribution < 1.29 is 39.3 Å². The van der Waals surface area contributed by atoms with E-state index in [9.17, 15) is 34.9 Å². The average molecular weight is 440 g/mol. The van der Waals surface area contributed by atoms with Crippen LogP contribution in [0.5, 0.6) is 0 Å². The van der Waals surface area contributed by atoms with Crippen molar-refractivity contribution in [3.63, 3.8) is 0 Å². The summed E-state index contributed by atoms with van der Waals surface area (Å²) in [7, 11) is -5.62. The molecule has 0 spiro atoms. The second-order valence-electron chi connectivity index (χ2n) is 6.41. The molecule has 0 bridgehead atoms. The molecule has 1 aromatic carbocycles. The molecular weight excluding hydrogens is 424 g/mol. The third-order valence-electron chi connectivity index (χ3n) is 4.48. The van der Waals surface area contributed by atoms with Crippen molar-refractivity contribution in [2.75, 3.05) is 5.32 Å². The van der Waals surface area contributed by atoms with Gasteiger partial charge in [-0.05, 0) is 54.3 Å². The standard InChI is InChI=1S/C15H16ClF6NO3S/c16-12-6-3-10(15(19,20)21)7-13(12)23-11-4-1-9(2-5-11)8-14(17,18)27(24,25)26-22/h3,6-7,9,11,23H,1-2,4-5,8H2. The summed E-state index contributed by atoms with van der Waals surface area (Å²) < 4.78 is 101. The van der Waals surface area contributed by atoms with Crippen LogP contribution in [-0.4, -0.2) is 19.7 Å². The van der Waals surface area contributed by atoms with Crippen LogP contribution >= 0.6 is 11.6 Å². The summed E-state index contributed by atoms with van der Waals surface area (Å²) in [5, 5.41) is -1.40. The molecule has 0 aliphatic heterocycles. The Morgan fingerprint density at radius 3 is 2.22 bits per heavy atom. The maximum Gasteiger partial charge on any atom is 0.416 e. The molecule has 12 heteroatoms. The minimum absolute atomic E-state index is 0.0775. The van der Waals surface area contributed by atoms with Crippen LogP contribution in [0.4, 0.5) is 32.2 Å². The fraction of sp³-hybridized carbons (Fsp3) is 0.600. The van der Waals surface area contributed by atoms with Gasteiger partial charge in [0.2, 0.25) is 0 Å². The van der Waals surface area contributed by atoms with Gasteiger partial charge in [-0.2, -0.15) is 30.4 Å². The quantitative estimate of drug-likeness (QED) is 0.591. The molecule has 1 fully saturated rings. The molecule has 0 amide bonds. The Balaban J connectivity index is 1.97. The molecule has 2 rings (SSSR count). The Bertz CT molecular complexity index is 763. The van der Waals surface area contributed by atoms with Gasteiger partial charge in [-0.25, -0.2) is 0 Å². The maximum absolute atomic E-state index is 13.5. The number of hydrogen-bond donors (Lipinski definition) is 1. The number of nitrogens with one attached hydrogen (secondary N) is 1. The van der Waals surface area contributed by atoms with Crippen LogP contribution in [0.25, 0.3) is 0 Å². The normalized spacial score (nSPS) is 21.9. The Morgan fingerprint density at radius 2 is 1.70 bits per heavy atom. The number of alkyl halides is 5. The predicted octanol–water partition coefficient (Wildman–Crippen LogP) is 5.54. The van der Waals surface area contributed by atoms with Crippen molar-refractivity contribution in [3.05, 3.63) is 28.8 Å². The van der Waals surface area contributed by atoms with Crippen molar-refractivity contribution in [1.29, 1.82) is 0 Å². The molecule has 0 radical (unpaired) electrons. The molecule has 0 saturated heterocycles. The van der Waals surface area contributed by atoms with E-state index in [1.165, 1.54) is 0 Å². The number of halogens is 7. The van der Waals surface area contributed by atoms with Crippen molar-refractivity contribution >= 4 is 27.4 Å². The van der Waals surface area contributed by atoms with E-state index < -0.39 is 39.5 Å². The average Bonchev–Trinajstić information content (AvgIpc) is 2.57. The van der Waals surface area contributed by atoms with Gasteiger partial charge < -0.3 is 5.32 Å². The highest BCUT2D eigenvalue weighted by molar-refractivity contribution is 7.87. The van der Waals surface area contributed by atoms with Gasteiger partial charge in [-0.3, -0.25) is 0 Å². The molecule has 0 aromatic heterocycles. The molecule has 0 unspecified atom stereocenters. The van der Waals surface area contributed by atoms with E-state index in [4.69, 9.17) is 11.6 Å². The number of rotatable bonds is 6. The first-order valence-electron chi connectivity index (χ1n) is 7.91. The molecular formula is C15H16ClF6NO3S. The molecule has 1 N–H and O–H groups in total. The van der Waals surface area contributed by atoms with E-state index in [-0.39, 0.29) is 29.6 Å². The first-order chi connectivity index (χ1) is 12.4. The lowest BCUT2D eigenvalue weighted by molar-refractivity contribution is -0.137. The SMILES string of the molecule is O=S(=O)(OF)C(F)(F)CC1CCC(Nc2cc(C(F)(F)F)ccc2Cl)CC1. The summed E-state index contributed by atoms with van der Waals surface area (Å²) in [6.45, 7) is 0. The van der Waals surface area contributed by atoms with Crippen LogP contribution in [0.3, 0.4) is 0 Å². The Kier molecular flexibility index (Phi) is 6.58. The summed E-state index contributed by atoms with van der Waals surface area (Å²) in [5.41, 5.74) is -0.798. The second kappa shape index (κ2) is 8.04. The predicted molar refractivity (Wildman–Crippen MR) is 86.5 cm³/mol. The molecule has 1 saturated carbocycles. The van der Waals surface area contributed by atoms with Gasteiger partial charge in [0.25, 0.3) is 0 Å². The first kappa shape index (κ1) is 22.1. The third-order valence-corrected chi connectivity index (χ3v) is 5.87. The lowest BCUT2D eigenvalue weighted by Gasteiger charge is -2.31. The lowest BCUT2D eigenvalue weighted by Crippen LogP contribution is -2.34. The molecule has 0 atom stereocenters. The Hall–Kier alpha value is -1.20. The van der Waals surface area contributed by atoms with E-state index >= 15 is 0 Å². The fourth-order valence-electron chi connectivity index (χ4n) is 3.03. The maximum atomic E-state index is 13.5. The summed E-state index contributed by atoms with van der Waals surface area (Å²) >= 11 is 5.90. The largest absolute Gasteiger partial charge is 0.416 e. The van der Waals surface area contributed by atoms with Gasteiger partial charge in [0.15, 0.2) is 0 Å². The summed E-state index contributed by atoms with van der Waals surface area (Å²) in [6, 6.07) is 2.51. The van der Waals surface area contributed by atoms with Crippen LogP contribution in [0, 0.1) is 5.92 Å². The summed E-state index contributed by atoms with van der Waals surface area (Å²) in [5.74, 6) is -0.694. The van der Waals surface area contributed by atoms with Crippen LogP contribution in [-0.2, 0) is 20.7 Å². The summed E-state index contributed by atoms with van der Waals surface area (Å²) in [6.07, 6.45) is -4.63. The highest BCUT2D eigenvalue weighted by Crippen LogP contribution is 2.39. The number of benzene rings is 1. The van der Waals surface area contributed by atoms with Crippen LogP contribution < -0.4 is 5.32 Å². The van der Waals surface area contributed by atoms with Gasteiger partial charge >= 0.3 is 21.5 Å². The first-order valence-corrected chi connectivity index (χ1v) is 9.70. The fourth-order valence-corrected chi connectivity index (χ4v) is 3.73. The van der Waals surface area contributed by atoms with Crippen LogP contribution in [0.1, 0.15) is 37.7 Å². The third kappa shape index (κ3) is 5.41. The number of hydrogen-bond acceptors (Lipinski definition) is 4. The second-order valence-corrected chi connectivity index (χ2v) is 8.45. The molecule has 1 aliphatic carbocycles. The highest BCUT2D eigenvalue weighted by Gasteiger charge is 2.49. The minimum atomic E-state index is -5.62. The molecule has 154 valence electrons. The molecule has 1 aromatic rings. The van der Waals surface area contributed by atoms with Crippen molar-refractivity contribution in [2.24, 2.45) is 5.92 Å². The smallest absolute Gasteiger partial charge is 0.381 e. The molecule has 1 aliphatic rings. The van der Waals surface area contributed by atoms with Crippen LogP contribution in [0.2, 0.25) is 5.02 Å². The topological polar surface area (TPSA) is 55.4 Å². The van der Waals surface area contributed by atoms with Gasteiger partial charge in [-0.1, -0.05) is 16.0 Å². The van der Waals surface area contributed by atoms with Crippen molar-refractivity contribution in [1.82, 2.24) is 0 Å². The van der Waals surface area contributed by atoms with E-state index in [0.29, 0.717) is 12.8 Å². The minimum Gasteiger partial charge on any atom is -0.381 e. The zero-order valence-electron chi connectivity index (χ0n) is 13.7. The molecule has 0 heterocycles. The molecule has 4 nitrogen and oxygen atoms in total. The van der Waals surface area contributed by atoms with Gasteiger partial charge in [0.1, 0.15) is 0 Å². The lowest BCUT2D eigenvalue weighted by atomic mass is 9.84. The van der Waals surface area contributed by atoms with Gasteiger partial charge in [0.05, 0.1) is 16.3 Å². The van der Waals surface area contributed by atoms with E-state index in [1.54, 1.807) is 0 Å². The van der Waals surface area contributed by atoms with Gasteiger partial charge in [0, 0.05) is 12.5 Å².